The zero-order chi connectivity index (χ0) is 29.3. The monoisotopic (exact) mass is 568 g/mol. The van der Waals surface area contributed by atoms with Crippen LogP contribution in [0.5, 0.6) is 0 Å². The summed E-state index contributed by atoms with van der Waals surface area (Å²) in [6.45, 7) is 7.56. The lowest BCUT2D eigenvalue weighted by atomic mass is 9.87. The first-order valence-electron chi connectivity index (χ1n) is 14.7. The average molecular weight is 569 g/mol. The first-order chi connectivity index (χ1) is 19.5. The van der Waals surface area contributed by atoms with Crippen molar-refractivity contribution in [3.63, 3.8) is 0 Å². The van der Waals surface area contributed by atoms with Gasteiger partial charge in [0.05, 0.1) is 23.3 Å². The number of hydrogen-bond acceptors (Lipinski definition) is 8. The summed E-state index contributed by atoms with van der Waals surface area (Å²) in [5.41, 5.74) is 0.656. The van der Waals surface area contributed by atoms with E-state index in [0.717, 1.165) is 43.4 Å². The van der Waals surface area contributed by atoms with E-state index in [4.69, 9.17) is 9.47 Å². The SMILES string of the molecule is CC(C)(C)OC(=O)N1CCC(O[C@H]2CC[C@H](CNc3cccc4c3C(=O)N(C3CCC(=O)NC3=O)C4=O)CC2)CC1. The number of piperidine rings is 2. The highest BCUT2D eigenvalue weighted by Crippen LogP contribution is 2.34. The molecule has 41 heavy (non-hydrogen) atoms. The molecule has 222 valence electrons. The Hall–Kier alpha value is -3.47. The van der Waals surface area contributed by atoms with Gasteiger partial charge in [0.25, 0.3) is 11.8 Å². The molecule has 5 amide bonds. The number of nitrogens with one attached hydrogen (secondary N) is 2. The quantitative estimate of drug-likeness (QED) is 0.498. The molecule has 2 saturated heterocycles. The molecule has 1 aromatic carbocycles. The van der Waals surface area contributed by atoms with E-state index in [0.29, 0.717) is 31.2 Å². The fraction of sp³-hybridized carbons (Fsp3) is 0.633. The number of ether oxygens (including phenoxy) is 2. The maximum atomic E-state index is 13.3. The van der Waals surface area contributed by atoms with Crippen molar-refractivity contribution in [3.8, 4) is 0 Å². The summed E-state index contributed by atoms with van der Waals surface area (Å²) >= 11 is 0. The molecule has 3 fully saturated rings. The van der Waals surface area contributed by atoms with E-state index in [-0.39, 0.29) is 42.3 Å². The molecule has 1 unspecified atom stereocenters. The zero-order valence-corrected chi connectivity index (χ0v) is 24.1. The van der Waals surface area contributed by atoms with Crippen LogP contribution in [-0.4, -0.2) is 83.0 Å². The van der Waals surface area contributed by atoms with Gasteiger partial charge in [-0.05, 0) is 83.8 Å². The van der Waals surface area contributed by atoms with Crippen LogP contribution in [0.1, 0.15) is 92.9 Å². The second-order valence-electron chi connectivity index (χ2n) is 12.5. The third-order valence-corrected chi connectivity index (χ3v) is 8.32. The van der Waals surface area contributed by atoms with Gasteiger partial charge in [0.2, 0.25) is 11.8 Å². The van der Waals surface area contributed by atoms with Crippen LogP contribution in [0.4, 0.5) is 10.5 Å². The van der Waals surface area contributed by atoms with Gasteiger partial charge in [-0.1, -0.05) is 6.07 Å². The highest BCUT2D eigenvalue weighted by molar-refractivity contribution is 6.25. The van der Waals surface area contributed by atoms with E-state index < -0.39 is 35.3 Å². The van der Waals surface area contributed by atoms with Gasteiger partial charge >= 0.3 is 6.09 Å². The molecule has 3 heterocycles. The van der Waals surface area contributed by atoms with Crippen LogP contribution < -0.4 is 10.6 Å². The summed E-state index contributed by atoms with van der Waals surface area (Å²) < 4.78 is 11.9. The van der Waals surface area contributed by atoms with Crippen LogP contribution in [0.15, 0.2) is 18.2 Å². The van der Waals surface area contributed by atoms with Gasteiger partial charge in [0, 0.05) is 31.7 Å². The van der Waals surface area contributed by atoms with Crippen molar-refractivity contribution >= 4 is 35.4 Å². The predicted octanol–water partition coefficient (Wildman–Crippen LogP) is 3.47. The summed E-state index contributed by atoms with van der Waals surface area (Å²) in [6.07, 6.45) is 5.80. The fourth-order valence-corrected chi connectivity index (χ4v) is 6.16. The second kappa shape index (κ2) is 11.8. The number of imide groups is 2. The van der Waals surface area contributed by atoms with Crippen molar-refractivity contribution in [3.05, 3.63) is 29.3 Å². The molecule has 0 aromatic heterocycles. The third-order valence-electron chi connectivity index (χ3n) is 8.32. The number of carbonyl (C=O) groups is 5. The molecule has 3 aliphatic heterocycles. The lowest BCUT2D eigenvalue weighted by Gasteiger charge is -2.36. The van der Waals surface area contributed by atoms with E-state index in [2.05, 4.69) is 10.6 Å². The highest BCUT2D eigenvalue weighted by Gasteiger charge is 2.45. The Morgan fingerprint density at radius 3 is 2.29 bits per heavy atom. The van der Waals surface area contributed by atoms with Gasteiger partial charge in [-0.15, -0.1) is 0 Å². The number of hydrogen-bond donors (Lipinski definition) is 2. The number of fused-ring (bicyclic) bond motifs is 1. The van der Waals surface area contributed by atoms with Crippen LogP contribution >= 0.6 is 0 Å². The summed E-state index contributed by atoms with van der Waals surface area (Å²) in [7, 11) is 0. The smallest absolute Gasteiger partial charge is 0.410 e. The zero-order valence-electron chi connectivity index (χ0n) is 24.1. The Labute approximate surface area is 240 Å². The Bertz CT molecular complexity index is 1210. The van der Waals surface area contributed by atoms with Crippen LogP contribution in [0.3, 0.4) is 0 Å². The van der Waals surface area contributed by atoms with Crippen LogP contribution in [-0.2, 0) is 19.1 Å². The first-order valence-corrected chi connectivity index (χ1v) is 14.7. The van der Waals surface area contributed by atoms with E-state index in [1.807, 2.05) is 20.8 Å². The number of carbonyl (C=O) groups excluding carboxylic acids is 5. The average Bonchev–Trinajstić information content (AvgIpc) is 3.18. The first kappa shape index (κ1) is 29.0. The summed E-state index contributed by atoms with van der Waals surface area (Å²) in [4.78, 5) is 65.4. The van der Waals surface area contributed by atoms with Crippen molar-refractivity contribution in [1.29, 1.82) is 0 Å². The Morgan fingerprint density at radius 1 is 0.951 bits per heavy atom. The molecule has 11 heteroatoms. The molecular weight excluding hydrogens is 528 g/mol. The number of rotatable bonds is 6. The van der Waals surface area contributed by atoms with Gasteiger partial charge in [-0.25, -0.2) is 4.79 Å². The Morgan fingerprint density at radius 2 is 1.63 bits per heavy atom. The van der Waals surface area contributed by atoms with Crippen molar-refractivity contribution in [2.75, 3.05) is 25.0 Å². The molecule has 1 aliphatic carbocycles. The molecule has 0 bridgehead atoms. The van der Waals surface area contributed by atoms with Crippen LogP contribution in [0.25, 0.3) is 0 Å². The molecule has 0 radical (unpaired) electrons. The molecule has 2 N–H and O–H groups in total. The molecular formula is C30H40N4O7. The lowest BCUT2D eigenvalue weighted by Crippen LogP contribution is -2.54. The molecule has 1 atom stereocenters. The fourth-order valence-electron chi connectivity index (χ4n) is 6.16. The molecule has 4 aliphatic rings. The minimum absolute atomic E-state index is 0.0899. The highest BCUT2D eigenvalue weighted by atomic mass is 16.6. The van der Waals surface area contributed by atoms with Crippen molar-refractivity contribution in [2.24, 2.45) is 5.92 Å². The van der Waals surface area contributed by atoms with E-state index in [1.165, 1.54) is 0 Å². The minimum atomic E-state index is -0.979. The molecule has 5 rings (SSSR count). The molecule has 0 spiro atoms. The van der Waals surface area contributed by atoms with E-state index in [1.54, 1.807) is 23.1 Å². The number of anilines is 1. The van der Waals surface area contributed by atoms with Gasteiger partial charge in [0.1, 0.15) is 11.6 Å². The van der Waals surface area contributed by atoms with Crippen molar-refractivity contribution in [1.82, 2.24) is 15.1 Å². The van der Waals surface area contributed by atoms with Gasteiger partial charge in [-0.3, -0.25) is 29.4 Å². The van der Waals surface area contributed by atoms with Crippen molar-refractivity contribution < 1.29 is 33.4 Å². The lowest BCUT2D eigenvalue weighted by molar-refractivity contribution is -0.136. The number of amides is 5. The topological polar surface area (TPSA) is 134 Å². The second-order valence-corrected chi connectivity index (χ2v) is 12.5. The third kappa shape index (κ3) is 6.55. The number of likely N-dealkylation sites (tertiary alicyclic amines) is 1. The normalized spacial score (nSPS) is 25.7. The van der Waals surface area contributed by atoms with Gasteiger partial charge < -0.3 is 19.7 Å². The maximum absolute atomic E-state index is 13.3. The summed E-state index contributed by atoms with van der Waals surface area (Å²) in [5, 5.41) is 5.62. The van der Waals surface area contributed by atoms with Crippen LogP contribution in [0, 0.1) is 5.92 Å². The van der Waals surface area contributed by atoms with E-state index in [9.17, 15) is 24.0 Å². The predicted molar refractivity (Wildman–Crippen MR) is 149 cm³/mol. The molecule has 1 saturated carbocycles. The molecule has 1 aromatic rings. The number of nitrogens with zero attached hydrogens (tertiary/aromatic N) is 2. The minimum Gasteiger partial charge on any atom is -0.444 e. The van der Waals surface area contributed by atoms with Crippen molar-refractivity contribution in [2.45, 2.75) is 96.0 Å². The summed E-state index contributed by atoms with van der Waals surface area (Å²) in [5.74, 6) is -1.61. The maximum Gasteiger partial charge on any atom is 0.410 e. The molecule has 11 nitrogen and oxygen atoms in total. The Balaban J connectivity index is 1.09. The van der Waals surface area contributed by atoms with Gasteiger partial charge in [0.15, 0.2) is 0 Å². The number of benzene rings is 1. The van der Waals surface area contributed by atoms with Crippen LogP contribution in [0.2, 0.25) is 0 Å². The standard InChI is InChI=1S/C30H40N4O7/c1-30(2,3)41-29(39)33-15-13-20(14-16-33)40-19-9-7-18(8-10-19)17-31-22-6-4-5-21-25(22)28(38)34(27(21)37)23-11-12-24(35)32-26(23)36/h4-6,18-20,23,31H,7-17H2,1-3H3,(H,32,35,36)/t18-,19-,23?. The Kier molecular flexibility index (Phi) is 8.35. The van der Waals surface area contributed by atoms with E-state index >= 15 is 0 Å². The summed E-state index contributed by atoms with van der Waals surface area (Å²) in [6, 6.07) is 4.15. The van der Waals surface area contributed by atoms with Gasteiger partial charge in [-0.2, -0.15) is 0 Å². The largest absolute Gasteiger partial charge is 0.444 e.